The zero-order valence-corrected chi connectivity index (χ0v) is 11.9. The highest BCUT2D eigenvalue weighted by atomic mass is 16.2. The molecule has 3 nitrogen and oxygen atoms in total. The Bertz CT molecular complexity index is 245. The van der Waals surface area contributed by atoms with Gasteiger partial charge < -0.3 is 10.2 Å². The zero-order chi connectivity index (χ0) is 12.9. The minimum Gasteiger partial charge on any atom is -0.343 e. The second-order valence-corrected chi connectivity index (χ2v) is 5.71. The first-order valence-electron chi connectivity index (χ1n) is 7.02. The number of rotatable bonds is 5. The van der Waals surface area contributed by atoms with Crippen LogP contribution >= 0.6 is 0 Å². The molecule has 0 aliphatic carbocycles. The molecule has 1 atom stereocenters. The van der Waals surface area contributed by atoms with Crippen molar-refractivity contribution in [3.63, 3.8) is 0 Å². The van der Waals surface area contributed by atoms with E-state index in [4.69, 9.17) is 0 Å². The number of carbonyl (C=O) groups excluding carboxylic acids is 1. The van der Waals surface area contributed by atoms with E-state index in [-0.39, 0.29) is 0 Å². The molecule has 1 amide bonds. The summed E-state index contributed by atoms with van der Waals surface area (Å²) in [5, 5.41) is 3.30. The van der Waals surface area contributed by atoms with Crippen LogP contribution in [0, 0.1) is 5.41 Å². The highest BCUT2D eigenvalue weighted by Crippen LogP contribution is 2.34. The average Bonchev–Trinajstić information content (AvgIpc) is 2.30. The van der Waals surface area contributed by atoms with E-state index < -0.39 is 0 Å². The normalized spacial score (nSPS) is 21.3. The van der Waals surface area contributed by atoms with Gasteiger partial charge in [0.05, 0.1) is 0 Å². The Morgan fingerprint density at radius 2 is 1.94 bits per heavy atom. The zero-order valence-electron chi connectivity index (χ0n) is 11.9. The smallest absolute Gasteiger partial charge is 0.224 e. The van der Waals surface area contributed by atoms with Crippen LogP contribution in [-0.4, -0.2) is 36.5 Å². The van der Waals surface area contributed by atoms with Crippen LogP contribution in [0.2, 0.25) is 0 Å². The van der Waals surface area contributed by atoms with Crippen molar-refractivity contribution in [1.82, 2.24) is 10.2 Å². The highest BCUT2D eigenvalue weighted by molar-refractivity contribution is 5.76. The Labute approximate surface area is 106 Å². The number of hydrogen-bond donors (Lipinski definition) is 1. The maximum atomic E-state index is 12.1. The molecule has 0 spiro atoms. The molecule has 0 aromatic rings. The maximum absolute atomic E-state index is 12.1. The second kappa shape index (κ2) is 6.39. The third-order valence-electron chi connectivity index (χ3n) is 4.21. The largest absolute Gasteiger partial charge is 0.343 e. The molecule has 1 aliphatic heterocycles. The van der Waals surface area contributed by atoms with Gasteiger partial charge in [-0.3, -0.25) is 4.79 Å². The van der Waals surface area contributed by atoms with Crippen molar-refractivity contribution in [2.75, 3.05) is 19.6 Å². The Morgan fingerprint density at radius 3 is 2.41 bits per heavy atom. The van der Waals surface area contributed by atoms with Crippen molar-refractivity contribution in [2.24, 2.45) is 5.41 Å². The van der Waals surface area contributed by atoms with E-state index in [1.165, 1.54) is 6.42 Å². The first-order valence-corrected chi connectivity index (χ1v) is 7.02. The van der Waals surface area contributed by atoms with Gasteiger partial charge >= 0.3 is 0 Å². The maximum Gasteiger partial charge on any atom is 0.224 e. The van der Waals surface area contributed by atoms with E-state index in [9.17, 15) is 4.79 Å². The molecule has 1 heterocycles. The van der Waals surface area contributed by atoms with Crippen molar-refractivity contribution in [3.05, 3.63) is 0 Å². The predicted molar refractivity (Wildman–Crippen MR) is 72.0 cm³/mol. The Hall–Kier alpha value is -0.570. The molecule has 1 aliphatic rings. The lowest BCUT2D eigenvalue weighted by Gasteiger charge is -2.39. The van der Waals surface area contributed by atoms with Crippen LogP contribution in [0.25, 0.3) is 0 Å². The molecule has 1 saturated heterocycles. The lowest BCUT2D eigenvalue weighted by molar-refractivity contribution is -0.133. The first kappa shape index (κ1) is 14.5. The summed E-state index contributed by atoms with van der Waals surface area (Å²) in [6.45, 7) is 11.6. The van der Waals surface area contributed by atoms with Gasteiger partial charge in [-0.25, -0.2) is 0 Å². The van der Waals surface area contributed by atoms with Crippen molar-refractivity contribution in [2.45, 2.75) is 59.4 Å². The van der Waals surface area contributed by atoms with E-state index in [1.807, 2.05) is 4.90 Å². The van der Waals surface area contributed by atoms with Crippen molar-refractivity contribution >= 4 is 5.91 Å². The molecule has 17 heavy (non-hydrogen) atoms. The molecule has 1 unspecified atom stereocenters. The van der Waals surface area contributed by atoms with Gasteiger partial charge in [-0.15, -0.1) is 0 Å². The average molecular weight is 240 g/mol. The van der Waals surface area contributed by atoms with Crippen molar-refractivity contribution in [1.29, 1.82) is 0 Å². The number of hydrogen-bond acceptors (Lipinski definition) is 2. The summed E-state index contributed by atoms with van der Waals surface area (Å²) < 4.78 is 0. The molecule has 100 valence electrons. The van der Waals surface area contributed by atoms with E-state index >= 15 is 0 Å². The molecule has 3 heteroatoms. The third-order valence-corrected chi connectivity index (χ3v) is 4.21. The first-order chi connectivity index (χ1) is 8.00. The summed E-state index contributed by atoms with van der Waals surface area (Å²) >= 11 is 0. The minimum atomic E-state index is 0.298. The van der Waals surface area contributed by atoms with Gasteiger partial charge in [-0.05, 0) is 31.7 Å². The van der Waals surface area contributed by atoms with E-state index in [0.717, 1.165) is 32.5 Å². The number of nitrogens with one attached hydrogen (secondary N) is 1. The van der Waals surface area contributed by atoms with Crippen LogP contribution in [0.4, 0.5) is 0 Å². The van der Waals surface area contributed by atoms with Gasteiger partial charge in [0.15, 0.2) is 0 Å². The quantitative estimate of drug-likeness (QED) is 0.800. The summed E-state index contributed by atoms with van der Waals surface area (Å²) in [5.41, 5.74) is 0.462. The SMILES string of the molecule is CCNC(C)CC(=O)N1CCC(C)(CC)CC1. The topological polar surface area (TPSA) is 32.3 Å². The lowest BCUT2D eigenvalue weighted by atomic mass is 9.78. The molecule has 0 aromatic heterocycles. The summed E-state index contributed by atoms with van der Waals surface area (Å²) in [5.74, 6) is 0.316. The summed E-state index contributed by atoms with van der Waals surface area (Å²) in [6, 6.07) is 0.298. The molecule has 0 aromatic carbocycles. The van der Waals surface area contributed by atoms with Gasteiger partial charge in [0, 0.05) is 25.6 Å². The highest BCUT2D eigenvalue weighted by Gasteiger charge is 2.30. The summed E-state index contributed by atoms with van der Waals surface area (Å²) in [6.07, 6.45) is 4.18. The molecule has 1 N–H and O–H groups in total. The Kier molecular flexibility index (Phi) is 5.44. The van der Waals surface area contributed by atoms with Crippen molar-refractivity contribution in [3.8, 4) is 0 Å². The molecule has 0 saturated carbocycles. The third kappa shape index (κ3) is 4.30. The summed E-state index contributed by atoms with van der Waals surface area (Å²) in [7, 11) is 0. The Balaban J connectivity index is 2.36. The van der Waals surface area contributed by atoms with Crippen LogP contribution < -0.4 is 5.32 Å². The molecule has 0 bridgehead atoms. The fraction of sp³-hybridized carbons (Fsp3) is 0.929. The number of likely N-dealkylation sites (tertiary alicyclic amines) is 1. The van der Waals surface area contributed by atoms with Crippen LogP contribution in [-0.2, 0) is 4.79 Å². The molecule has 0 radical (unpaired) electrons. The molecule has 1 rings (SSSR count). The standard InChI is InChI=1S/C14H28N2O/c1-5-14(4)7-9-16(10-8-14)13(17)11-12(3)15-6-2/h12,15H,5-11H2,1-4H3. The van der Waals surface area contributed by atoms with Crippen molar-refractivity contribution < 1.29 is 4.79 Å². The minimum absolute atomic E-state index is 0.298. The van der Waals surface area contributed by atoms with Crippen LogP contribution in [0.5, 0.6) is 0 Å². The number of nitrogens with zero attached hydrogens (tertiary/aromatic N) is 1. The molecular weight excluding hydrogens is 212 g/mol. The van der Waals surface area contributed by atoms with E-state index in [0.29, 0.717) is 23.8 Å². The summed E-state index contributed by atoms with van der Waals surface area (Å²) in [4.78, 5) is 14.1. The predicted octanol–water partition coefficient (Wildman–Crippen LogP) is 2.41. The van der Waals surface area contributed by atoms with Gasteiger partial charge in [-0.1, -0.05) is 27.2 Å². The van der Waals surface area contributed by atoms with Gasteiger partial charge in [0.25, 0.3) is 0 Å². The fourth-order valence-corrected chi connectivity index (χ4v) is 2.46. The van der Waals surface area contributed by atoms with Gasteiger partial charge in [0.2, 0.25) is 5.91 Å². The lowest BCUT2D eigenvalue weighted by Crippen LogP contribution is -2.44. The second-order valence-electron chi connectivity index (χ2n) is 5.71. The van der Waals surface area contributed by atoms with Crippen LogP contribution in [0.15, 0.2) is 0 Å². The number of amides is 1. The van der Waals surface area contributed by atoms with Gasteiger partial charge in [0.1, 0.15) is 0 Å². The Morgan fingerprint density at radius 1 is 1.35 bits per heavy atom. The monoisotopic (exact) mass is 240 g/mol. The molecule has 1 fully saturated rings. The van der Waals surface area contributed by atoms with E-state index in [1.54, 1.807) is 0 Å². The fourth-order valence-electron chi connectivity index (χ4n) is 2.46. The van der Waals surface area contributed by atoms with E-state index in [2.05, 4.69) is 33.0 Å². The van der Waals surface area contributed by atoms with Crippen LogP contribution in [0.1, 0.15) is 53.4 Å². The van der Waals surface area contributed by atoms with Crippen LogP contribution in [0.3, 0.4) is 0 Å². The molecular formula is C14H28N2O. The number of piperidine rings is 1. The number of carbonyl (C=O) groups is 1. The van der Waals surface area contributed by atoms with Gasteiger partial charge in [-0.2, -0.15) is 0 Å².